The molecule has 0 spiro atoms. The van der Waals surface area contributed by atoms with Crippen molar-refractivity contribution >= 4 is 45.2 Å². The molecule has 2 atom stereocenters. The Morgan fingerprint density at radius 1 is 0.672 bits per heavy atom. The van der Waals surface area contributed by atoms with Crippen LogP contribution in [0.5, 0.6) is 0 Å². The van der Waals surface area contributed by atoms with Gasteiger partial charge in [0.1, 0.15) is 45.6 Å². The first kappa shape index (κ1) is 43.7. The van der Waals surface area contributed by atoms with Gasteiger partial charge in [-0.15, -0.1) is 5.10 Å². The smallest absolute Gasteiger partial charge is 0.272 e. The normalized spacial score (nSPS) is 11.9. The molecule has 0 saturated heterocycles. The monoisotopic (exact) mass is 862 g/mol. The van der Waals surface area contributed by atoms with E-state index in [2.05, 4.69) is 30.7 Å². The summed E-state index contributed by atoms with van der Waals surface area (Å²) in [5.74, 6) is -1.48. The van der Waals surface area contributed by atoms with Crippen LogP contribution in [0.15, 0.2) is 146 Å². The number of amides is 2. The first-order valence-electron chi connectivity index (χ1n) is 19.5. The maximum Gasteiger partial charge on any atom is 0.272 e. The molecule has 4 N–H and O–H groups in total. The summed E-state index contributed by atoms with van der Waals surface area (Å²) < 4.78 is 41.0. The molecule has 0 unspecified atom stereocenters. The number of anilines is 1. The number of aryl methyl sites for hydroxylation is 1. The molecular weight excluding hydrogens is 823 g/mol. The van der Waals surface area contributed by atoms with Crippen LogP contribution >= 0.6 is 0 Å². The molecule has 0 fully saturated rings. The number of carbonyl (C=O) groups is 2. The molecule has 64 heavy (non-hydrogen) atoms. The van der Waals surface area contributed by atoms with E-state index < -0.39 is 41.0 Å². The lowest BCUT2D eigenvalue weighted by Gasteiger charge is -2.17. The molecule has 9 aromatic rings. The van der Waals surface area contributed by atoms with Crippen LogP contribution in [0.25, 0.3) is 49.8 Å². The summed E-state index contributed by atoms with van der Waals surface area (Å²) in [5.41, 5.74) is 8.48. The van der Waals surface area contributed by atoms with Gasteiger partial charge in [0.25, 0.3) is 11.8 Å². The van der Waals surface area contributed by atoms with Crippen LogP contribution in [-0.2, 0) is 0 Å². The zero-order valence-electron chi connectivity index (χ0n) is 33.8. The number of carbonyl (C=O) groups excluding carboxylic acids is 2. The lowest BCUT2D eigenvalue weighted by molar-refractivity contribution is 0.0924. The van der Waals surface area contributed by atoms with Gasteiger partial charge in [0, 0.05) is 24.8 Å². The number of nitrogens with two attached hydrogens (primary N) is 1. The number of nitrogens with zero attached hydrogens (tertiary/aromatic N) is 5. The average Bonchev–Trinajstić information content (AvgIpc) is 3.63. The van der Waals surface area contributed by atoms with E-state index in [1.807, 2.05) is 12.1 Å². The number of nitrogen functional groups attached to an aromatic ring is 1. The second-order valence-electron chi connectivity index (χ2n) is 14.4. The molecule has 14 nitrogen and oxygen atoms in total. The Labute approximate surface area is 363 Å². The van der Waals surface area contributed by atoms with E-state index >= 15 is 0 Å². The lowest BCUT2D eigenvalue weighted by Crippen LogP contribution is -2.29. The second kappa shape index (κ2) is 18.3. The SMILES string of the molecule is C.C[C@H](NC(=O)c1c(N)nn2cccnc12)c1oc2ccc(F)cc2c(=O)c1-c1ccccc1.Cc1nccnc1C(=O)N[C@@H](C)c1oc2ccc(F)cc2c(=O)c1-c1ccccc1. The fourth-order valence-corrected chi connectivity index (χ4v) is 7.15. The van der Waals surface area contributed by atoms with Crippen molar-refractivity contribution in [3.05, 3.63) is 188 Å². The van der Waals surface area contributed by atoms with Crippen LogP contribution in [0.1, 0.15) is 71.4 Å². The predicted octanol–water partition coefficient (Wildman–Crippen LogP) is 8.54. The summed E-state index contributed by atoms with van der Waals surface area (Å²) in [6, 6.07) is 25.7. The molecule has 0 aliphatic rings. The molecule has 322 valence electrons. The van der Waals surface area contributed by atoms with E-state index in [1.54, 1.807) is 81.6 Å². The Balaban J connectivity index is 0.000000189. The molecule has 2 amide bonds. The number of fused-ring (bicyclic) bond motifs is 3. The highest BCUT2D eigenvalue weighted by atomic mass is 19.1. The highest BCUT2D eigenvalue weighted by molar-refractivity contribution is 6.04. The summed E-state index contributed by atoms with van der Waals surface area (Å²) in [6.07, 6.45) is 6.11. The fraction of sp³-hybridized carbons (Fsp3) is 0.125. The zero-order chi connectivity index (χ0) is 44.4. The Morgan fingerprint density at radius 2 is 1.17 bits per heavy atom. The maximum absolute atomic E-state index is 13.8. The molecule has 0 radical (unpaired) electrons. The van der Waals surface area contributed by atoms with Crippen molar-refractivity contribution in [3.8, 4) is 22.3 Å². The molecule has 16 heteroatoms. The van der Waals surface area contributed by atoms with Gasteiger partial charge in [0.05, 0.1) is 39.7 Å². The lowest BCUT2D eigenvalue weighted by atomic mass is 9.99. The van der Waals surface area contributed by atoms with Crippen LogP contribution in [-0.4, -0.2) is 36.4 Å². The minimum Gasteiger partial charge on any atom is -0.458 e. The molecule has 0 aliphatic carbocycles. The van der Waals surface area contributed by atoms with Crippen LogP contribution in [0.3, 0.4) is 0 Å². The largest absolute Gasteiger partial charge is 0.458 e. The molecule has 0 bridgehead atoms. The Morgan fingerprint density at radius 3 is 1.69 bits per heavy atom. The second-order valence-corrected chi connectivity index (χ2v) is 14.4. The summed E-state index contributed by atoms with van der Waals surface area (Å²) in [6.45, 7) is 5.09. The number of nitrogens with one attached hydrogen (secondary N) is 2. The first-order valence-corrected chi connectivity index (χ1v) is 19.5. The van der Waals surface area contributed by atoms with Gasteiger partial charge >= 0.3 is 0 Å². The van der Waals surface area contributed by atoms with Crippen LogP contribution in [0.2, 0.25) is 0 Å². The van der Waals surface area contributed by atoms with Crippen molar-refractivity contribution in [1.29, 1.82) is 0 Å². The number of hydrogen-bond acceptors (Lipinski definition) is 11. The van der Waals surface area contributed by atoms with Crippen LogP contribution < -0.4 is 27.2 Å². The minimum absolute atomic E-state index is 0. The van der Waals surface area contributed by atoms with Gasteiger partial charge in [-0.25, -0.2) is 23.3 Å². The average molecular weight is 863 g/mol. The van der Waals surface area contributed by atoms with Gasteiger partial charge in [-0.1, -0.05) is 68.1 Å². The van der Waals surface area contributed by atoms with E-state index in [0.29, 0.717) is 22.5 Å². The van der Waals surface area contributed by atoms with Crippen molar-refractivity contribution in [2.75, 3.05) is 5.73 Å². The van der Waals surface area contributed by atoms with Crippen LogP contribution in [0, 0.1) is 18.6 Å². The number of halogens is 2. The molecule has 0 aliphatic heterocycles. The van der Waals surface area contributed by atoms with E-state index in [0.717, 1.165) is 12.1 Å². The quantitative estimate of drug-likeness (QED) is 0.132. The molecule has 5 aromatic heterocycles. The molecule has 4 aromatic carbocycles. The van der Waals surface area contributed by atoms with E-state index in [4.69, 9.17) is 14.6 Å². The van der Waals surface area contributed by atoms with Crippen molar-refractivity contribution < 1.29 is 27.2 Å². The van der Waals surface area contributed by atoms with Gasteiger partial charge < -0.3 is 25.2 Å². The maximum atomic E-state index is 13.8. The molecule has 9 rings (SSSR count). The van der Waals surface area contributed by atoms with Crippen molar-refractivity contribution in [2.45, 2.75) is 40.3 Å². The van der Waals surface area contributed by atoms with Gasteiger partial charge in [0.2, 0.25) is 10.9 Å². The number of hydrogen-bond donors (Lipinski definition) is 3. The Hall–Kier alpha value is -8.40. The zero-order valence-corrected chi connectivity index (χ0v) is 33.8. The summed E-state index contributed by atoms with van der Waals surface area (Å²) in [5, 5.41) is 10.0. The summed E-state index contributed by atoms with van der Waals surface area (Å²) >= 11 is 0. The number of aromatic nitrogens is 5. The third-order valence-electron chi connectivity index (χ3n) is 10.1. The highest BCUT2D eigenvalue weighted by Gasteiger charge is 2.27. The number of rotatable bonds is 8. The van der Waals surface area contributed by atoms with Gasteiger partial charge in [-0.3, -0.25) is 24.2 Å². The standard InChI is InChI=1S/C24H18FN5O3.C23H18FN3O3.CH4/c1-13(28-24(32)19-22(26)29-30-11-5-10-27-23(19)30)21-18(14-6-3-2-4-7-14)20(31)16-12-15(25)8-9-17(16)33-21;1-13-20(26-11-10-25-13)23(29)27-14(2)22-19(15-6-4-3-5-7-15)21(28)17-12-16(24)8-9-18(17)30-22;/h2-13H,1H3,(H2,26,29)(H,28,32);3-12,14H,1-2H3,(H,27,29);1H4/t13-;14-;/m00./s1. The van der Waals surface area contributed by atoms with Crippen molar-refractivity contribution in [3.63, 3.8) is 0 Å². The number of benzene rings is 4. The molecular formula is C48H40F2N8O6. The summed E-state index contributed by atoms with van der Waals surface area (Å²) in [4.78, 5) is 64.8. The highest BCUT2D eigenvalue weighted by Crippen LogP contribution is 2.31. The Bertz CT molecular complexity index is 3320. The van der Waals surface area contributed by atoms with E-state index in [1.165, 1.54) is 47.4 Å². The van der Waals surface area contributed by atoms with Crippen molar-refractivity contribution in [1.82, 2.24) is 35.2 Å². The minimum atomic E-state index is -0.729. The Kier molecular flexibility index (Phi) is 12.5. The summed E-state index contributed by atoms with van der Waals surface area (Å²) in [7, 11) is 0. The molecule has 0 saturated carbocycles. The van der Waals surface area contributed by atoms with E-state index in [-0.39, 0.29) is 74.5 Å². The van der Waals surface area contributed by atoms with Gasteiger partial charge in [-0.2, -0.15) is 0 Å². The molecule has 5 heterocycles. The van der Waals surface area contributed by atoms with Gasteiger partial charge in [-0.05, 0) is 74.4 Å². The fourth-order valence-electron chi connectivity index (χ4n) is 7.15. The van der Waals surface area contributed by atoms with E-state index in [9.17, 15) is 28.0 Å². The predicted molar refractivity (Wildman–Crippen MR) is 238 cm³/mol. The van der Waals surface area contributed by atoms with Crippen LogP contribution in [0.4, 0.5) is 14.6 Å². The first-order chi connectivity index (χ1) is 30.4. The van der Waals surface area contributed by atoms with Crippen molar-refractivity contribution in [2.24, 2.45) is 0 Å². The topological polar surface area (TPSA) is 201 Å². The van der Waals surface area contributed by atoms with Gasteiger partial charge in [0.15, 0.2) is 11.5 Å². The third kappa shape index (κ3) is 8.56. The third-order valence-corrected chi connectivity index (χ3v) is 10.1.